The number of phosphoric ester groups is 2. The zero-order chi connectivity index (χ0) is 29.5. The van der Waals surface area contributed by atoms with Crippen LogP contribution in [0.2, 0.25) is 0 Å². The molecule has 2 fully saturated rings. The standard InChI is InChI=1S/C19H26N8O12P2/c20-13-1-2-26(19(29)25-13)15-4-10(12(38-15)6-35-40(30,31)32)39-41(33,34)36-5-11-9(28)3-14(37-11)27-8-24-16-17(21)22-7-23-18(16)27/h1-2,7-12,14-15,28H,3-6H2,(H,33,34)(H2,20,25,29)(H2,21,22,23)(H2,30,31,32)/p-1/t9-,10-,11+,12+,14+,15+/m0/s1. The van der Waals surface area contributed by atoms with Crippen LogP contribution in [0.3, 0.4) is 0 Å². The van der Waals surface area contributed by atoms with Crippen LogP contribution < -0.4 is 16.3 Å². The Kier molecular flexibility index (Phi) is 8.25. The molecule has 41 heavy (non-hydrogen) atoms. The summed E-state index contributed by atoms with van der Waals surface area (Å²) in [6.45, 7) is -1.34. The molecule has 1 unspecified atom stereocenters. The first-order chi connectivity index (χ1) is 19.3. The molecule has 0 bridgehead atoms. The summed E-state index contributed by atoms with van der Waals surface area (Å²) in [6, 6.07) is 0.345. The molecular weight excluding hydrogens is 594 g/mol. The number of rotatable bonds is 10. The topological polar surface area (TPSA) is 296 Å². The average molecular weight is 619 g/mol. The van der Waals surface area contributed by atoms with E-state index in [4.69, 9.17) is 39.5 Å². The molecule has 0 aromatic carbocycles. The smallest absolute Gasteiger partial charge is 0.472 e. The van der Waals surface area contributed by atoms with Gasteiger partial charge in [-0.15, -0.1) is 0 Å². The van der Waals surface area contributed by atoms with Crippen molar-refractivity contribution in [2.75, 3.05) is 18.9 Å². The van der Waals surface area contributed by atoms with Crippen molar-refractivity contribution in [1.82, 2.24) is 29.1 Å². The Morgan fingerprint density at radius 2 is 1.78 bits per heavy atom. The van der Waals surface area contributed by atoms with Crippen LogP contribution in [0.1, 0.15) is 25.3 Å². The van der Waals surface area contributed by atoms with Crippen LogP contribution in [0.25, 0.3) is 11.2 Å². The zero-order valence-electron chi connectivity index (χ0n) is 20.8. The third kappa shape index (κ3) is 6.79. The maximum atomic E-state index is 12.8. The number of nitrogen functional groups attached to an aromatic ring is 1. The predicted molar refractivity (Wildman–Crippen MR) is 129 cm³/mol. The number of aliphatic hydroxyl groups excluding tert-OH is 1. The van der Waals surface area contributed by atoms with Gasteiger partial charge in [0.25, 0.3) is 0 Å². The van der Waals surface area contributed by atoms with Crippen LogP contribution in [0.4, 0.5) is 5.82 Å². The predicted octanol–water partition coefficient (Wildman–Crippen LogP) is -1.59. The van der Waals surface area contributed by atoms with E-state index in [2.05, 4.69) is 24.5 Å². The number of imidazole rings is 1. The second-order valence-corrected chi connectivity index (χ2v) is 11.7. The Bertz CT molecular complexity index is 1560. The Morgan fingerprint density at radius 3 is 2.51 bits per heavy atom. The van der Waals surface area contributed by atoms with Gasteiger partial charge in [-0.25, -0.2) is 29.1 Å². The third-order valence-corrected chi connectivity index (χ3v) is 7.80. The normalized spacial score (nSPS) is 28.3. The van der Waals surface area contributed by atoms with E-state index in [9.17, 15) is 24.2 Å². The molecule has 7 atom stereocenters. The van der Waals surface area contributed by atoms with Gasteiger partial charge in [0.2, 0.25) is 0 Å². The molecule has 22 heteroatoms. The monoisotopic (exact) mass is 619 g/mol. The molecule has 5 heterocycles. The van der Waals surface area contributed by atoms with Crippen molar-refractivity contribution in [3.63, 3.8) is 0 Å². The summed E-state index contributed by atoms with van der Waals surface area (Å²) in [4.78, 5) is 44.1. The van der Waals surface area contributed by atoms with Crippen molar-refractivity contribution in [3.05, 3.63) is 30.4 Å². The van der Waals surface area contributed by atoms with Crippen molar-refractivity contribution in [2.24, 2.45) is 0 Å². The van der Waals surface area contributed by atoms with E-state index in [1.807, 2.05) is 0 Å². The van der Waals surface area contributed by atoms with E-state index in [0.717, 1.165) is 4.57 Å². The second kappa shape index (κ2) is 11.4. The first-order valence-corrected chi connectivity index (χ1v) is 14.9. The van der Waals surface area contributed by atoms with Gasteiger partial charge in [-0.1, -0.05) is 0 Å². The molecule has 0 amide bonds. The molecule has 0 aliphatic carbocycles. The minimum absolute atomic E-state index is 0.0693. The highest BCUT2D eigenvalue weighted by molar-refractivity contribution is 7.47. The van der Waals surface area contributed by atoms with Crippen molar-refractivity contribution in [1.29, 1.82) is 5.41 Å². The lowest BCUT2D eigenvalue weighted by Gasteiger charge is -2.22. The van der Waals surface area contributed by atoms with Crippen molar-refractivity contribution < 1.29 is 57.1 Å². The molecular formula is C19H25N8O12P2-. The molecule has 3 aromatic rings. The zero-order valence-corrected chi connectivity index (χ0v) is 22.6. The summed E-state index contributed by atoms with van der Waals surface area (Å²) in [5.41, 5.74) is 6.19. The lowest BCUT2D eigenvalue weighted by Crippen LogP contribution is -2.30. The fourth-order valence-corrected chi connectivity index (χ4v) is 5.72. The largest absolute Gasteiger partial charge is 0.846 e. The van der Waals surface area contributed by atoms with Crippen LogP contribution in [0.15, 0.2) is 24.9 Å². The first kappa shape index (κ1) is 29.6. The molecule has 20 nitrogen and oxygen atoms in total. The summed E-state index contributed by atoms with van der Waals surface area (Å²) in [5, 5.41) is 30.1. The number of nitrogens with two attached hydrogens (primary N) is 1. The van der Waals surface area contributed by atoms with Crippen LogP contribution in [-0.4, -0.2) is 86.5 Å². The number of ether oxygens (including phenoxy) is 2. The highest BCUT2D eigenvalue weighted by atomic mass is 31.2. The fraction of sp³-hybridized carbons (Fsp3) is 0.526. The Balaban J connectivity index is 1.24. The van der Waals surface area contributed by atoms with Crippen molar-refractivity contribution in [2.45, 2.75) is 49.7 Å². The fourth-order valence-electron chi connectivity index (χ4n) is 4.42. The SMILES string of the molecule is N=c1ccn([C@H]2C[C@H](OP(=O)(O)OC[C@H]3O[C@@H](n4cnc5c(N)ncnc54)C[C@@H]3O)[C@@H](COP(=O)(O)O)O2)c([O-])n1. The summed E-state index contributed by atoms with van der Waals surface area (Å²) in [6.07, 6.45) is -3.03. The van der Waals surface area contributed by atoms with E-state index in [1.165, 1.54) is 29.5 Å². The van der Waals surface area contributed by atoms with Crippen molar-refractivity contribution >= 4 is 32.6 Å². The molecule has 7 N–H and O–H groups in total. The van der Waals surface area contributed by atoms with Crippen LogP contribution in [0.5, 0.6) is 6.01 Å². The molecule has 2 saturated heterocycles. The quantitative estimate of drug-likeness (QED) is 0.139. The summed E-state index contributed by atoms with van der Waals surface area (Å²) in [5.74, 6) is 0.155. The lowest BCUT2D eigenvalue weighted by atomic mass is 10.2. The van der Waals surface area contributed by atoms with Gasteiger partial charge < -0.3 is 44.7 Å². The number of phosphoric acid groups is 2. The third-order valence-electron chi connectivity index (χ3n) is 6.30. The van der Waals surface area contributed by atoms with Gasteiger partial charge in [0.15, 0.2) is 11.5 Å². The van der Waals surface area contributed by atoms with Crippen LogP contribution >= 0.6 is 15.6 Å². The number of nitrogens with zero attached hydrogens (tertiary/aromatic N) is 6. The van der Waals surface area contributed by atoms with Gasteiger partial charge in [0.05, 0.1) is 31.7 Å². The molecule has 0 radical (unpaired) electrons. The molecule has 3 aromatic heterocycles. The Labute approximate surface area is 229 Å². The van der Waals surface area contributed by atoms with Gasteiger partial charge in [-0.05, 0) is 6.07 Å². The molecule has 2 aliphatic rings. The number of hydrogen-bond acceptors (Lipinski definition) is 15. The van der Waals surface area contributed by atoms with E-state index in [1.54, 1.807) is 0 Å². The average Bonchev–Trinajstić information content (AvgIpc) is 3.58. The summed E-state index contributed by atoms with van der Waals surface area (Å²) >= 11 is 0. The van der Waals surface area contributed by atoms with E-state index < -0.39 is 71.7 Å². The van der Waals surface area contributed by atoms with E-state index >= 15 is 0 Å². The van der Waals surface area contributed by atoms with Gasteiger partial charge in [-0.2, -0.15) is 0 Å². The number of anilines is 1. The molecule has 0 spiro atoms. The summed E-state index contributed by atoms with van der Waals surface area (Å²) in [7, 11) is -9.85. The number of hydrogen-bond donors (Lipinski definition) is 6. The maximum absolute atomic E-state index is 12.8. The highest BCUT2D eigenvalue weighted by Gasteiger charge is 2.44. The minimum atomic E-state index is -4.95. The van der Waals surface area contributed by atoms with Crippen LogP contribution in [-0.2, 0) is 32.2 Å². The lowest BCUT2D eigenvalue weighted by molar-refractivity contribution is -0.290. The Hall–Kier alpha value is -2.87. The van der Waals surface area contributed by atoms with Gasteiger partial charge in [-0.3, -0.25) is 23.5 Å². The molecule has 224 valence electrons. The Morgan fingerprint density at radius 1 is 1.07 bits per heavy atom. The van der Waals surface area contributed by atoms with Gasteiger partial charge in [0, 0.05) is 19.0 Å². The highest BCUT2D eigenvalue weighted by Crippen LogP contribution is 2.50. The number of aliphatic hydroxyl groups is 1. The molecule has 2 aliphatic heterocycles. The summed E-state index contributed by atoms with van der Waals surface area (Å²) < 4.78 is 52.7. The van der Waals surface area contributed by atoms with Crippen molar-refractivity contribution in [3.8, 4) is 6.01 Å². The maximum Gasteiger partial charge on any atom is 0.472 e. The number of nitrogens with one attached hydrogen (secondary N) is 1. The molecule has 0 saturated carbocycles. The first-order valence-electron chi connectivity index (χ1n) is 11.9. The van der Waals surface area contributed by atoms with E-state index in [-0.39, 0.29) is 24.1 Å². The van der Waals surface area contributed by atoms with Crippen LogP contribution in [0, 0.1) is 5.41 Å². The minimum Gasteiger partial charge on any atom is -0.846 e. The van der Waals surface area contributed by atoms with Gasteiger partial charge >= 0.3 is 15.6 Å². The molecule has 5 rings (SSSR count). The number of aromatic nitrogens is 6. The van der Waals surface area contributed by atoms with Gasteiger partial charge in [0.1, 0.15) is 48.1 Å². The van der Waals surface area contributed by atoms with E-state index in [0.29, 0.717) is 11.2 Å². The number of fused-ring (bicyclic) bond motifs is 1. The second-order valence-electron chi connectivity index (χ2n) is 9.08.